The van der Waals surface area contributed by atoms with Crippen LogP contribution in [0, 0.1) is 0 Å². The van der Waals surface area contributed by atoms with Crippen LogP contribution in [-0.2, 0) is 11.3 Å². The molecule has 0 spiro atoms. The molecule has 0 bridgehead atoms. The van der Waals surface area contributed by atoms with Crippen molar-refractivity contribution in [3.8, 4) is 0 Å². The van der Waals surface area contributed by atoms with Crippen molar-refractivity contribution in [1.29, 1.82) is 0 Å². The Hall–Kier alpha value is -1.47. The fourth-order valence-corrected chi connectivity index (χ4v) is 3.19. The summed E-state index contributed by atoms with van der Waals surface area (Å²) >= 11 is 0. The van der Waals surface area contributed by atoms with E-state index in [9.17, 15) is 4.79 Å². The van der Waals surface area contributed by atoms with Crippen LogP contribution >= 0.6 is 0 Å². The normalized spacial score (nSPS) is 25.2. The molecule has 1 aromatic heterocycles. The predicted octanol–water partition coefficient (Wildman–Crippen LogP) is 0.732. The van der Waals surface area contributed by atoms with Crippen LogP contribution in [-0.4, -0.2) is 64.7 Å². The number of nitrogens with zero attached hydrogens (tertiary/aromatic N) is 4. The molecule has 0 unspecified atom stereocenters. The number of likely N-dealkylation sites (tertiary alicyclic amines) is 1. The smallest absolute Gasteiger partial charge is 0.234 e. The van der Waals surface area contributed by atoms with Crippen LogP contribution in [0.3, 0.4) is 0 Å². The first kappa shape index (κ1) is 15.1. The van der Waals surface area contributed by atoms with Crippen molar-refractivity contribution < 1.29 is 9.21 Å². The van der Waals surface area contributed by atoms with Crippen molar-refractivity contribution in [2.45, 2.75) is 56.7 Å². The molecule has 3 fully saturated rings. The maximum absolute atomic E-state index is 11.9. The van der Waals surface area contributed by atoms with Crippen molar-refractivity contribution in [2.24, 2.45) is 0 Å². The molecule has 126 valence electrons. The lowest BCUT2D eigenvalue weighted by atomic mass is 10.2. The Labute approximate surface area is 136 Å². The van der Waals surface area contributed by atoms with E-state index in [4.69, 9.17) is 4.42 Å². The molecule has 4 rings (SSSR count). The quantitative estimate of drug-likeness (QED) is 0.799. The lowest BCUT2D eigenvalue weighted by Gasteiger charge is -2.23. The monoisotopic (exact) mass is 319 g/mol. The number of hydrogen-bond donors (Lipinski definition) is 1. The van der Waals surface area contributed by atoms with Gasteiger partial charge in [-0.05, 0) is 39.2 Å². The molecule has 1 saturated heterocycles. The van der Waals surface area contributed by atoms with E-state index >= 15 is 0 Å². The highest BCUT2D eigenvalue weighted by Crippen LogP contribution is 2.39. The van der Waals surface area contributed by atoms with Crippen LogP contribution in [0.25, 0.3) is 0 Å². The number of carbonyl (C=O) groups excluding carboxylic acids is 1. The molecule has 0 aromatic carbocycles. The summed E-state index contributed by atoms with van der Waals surface area (Å²) in [5, 5.41) is 11.4. The van der Waals surface area contributed by atoms with Gasteiger partial charge >= 0.3 is 0 Å². The van der Waals surface area contributed by atoms with E-state index < -0.39 is 0 Å². The summed E-state index contributed by atoms with van der Waals surface area (Å²) in [5.74, 6) is 2.19. The zero-order valence-electron chi connectivity index (χ0n) is 13.7. The first-order valence-corrected chi connectivity index (χ1v) is 8.71. The topological polar surface area (TPSA) is 74.5 Å². The first-order chi connectivity index (χ1) is 11.2. The highest BCUT2D eigenvalue weighted by Gasteiger charge is 2.31. The van der Waals surface area contributed by atoms with Crippen LogP contribution in [0.5, 0.6) is 0 Å². The largest absolute Gasteiger partial charge is 0.424 e. The summed E-state index contributed by atoms with van der Waals surface area (Å²) in [7, 11) is 2.10. The second-order valence-electron chi connectivity index (χ2n) is 7.24. The van der Waals surface area contributed by atoms with Gasteiger partial charge in [0.1, 0.15) is 0 Å². The van der Waals surface area contributed by atoms with Gasteiger partial charge in [-0.2, -0.15) is 0 Å². The second kappa shape index (κ2) is 6.20. The van der Waals surface area contributed by atoms with Gasteiger partial charge in [0, 0.05) is 31.1 Å². The number of aromatic nitrogens is 2. The molecule has 7 heteroatoms. The minimum atomic E-state index is 0.168. The Morgan fingerprint density at radius 1 is 1.30 bits per heavy atom. The van der Waals surface area contributed by atoms with Crippen molar-refractivity contribution in [3.05, 3.63) is 11.8 Å². The lowest BCUT2D eigenvalue weighted by molar-refractivity contribution is -0.122. The summed E-state index contributed by atoms with van der Waals surface area (Å²) in [6.07, 6.45) is 5.72. The summed E-state index contributed by atoms with van der Waals surface area (Å²) in [4.78, 5) is 16.4. The third-order valence-corrected chi connectivity index (χ3v) is 4.97. The zero-order valence-corrected chi connectivity index (χ0v) is 13.7. The van der Waals surface area contributed by atoms with Crippen LogP contribution in [0.4, 0.5) is 0 Å². The minimum Gasteiger partial charge on any atom is -0.424 e. The minimum absolute atomic E-state index is 0.168. The molecular weight excluding hydrogens is 294 g/mol. The van der Waals surface area contributed by atoms with E-state index in [1.807, 2.05) is 0 Å². The van der Waals surface area contributed by atoms with Crippen LogP contribution in [0.15, 0.2) is 4.42 Å². The number of nitrogens with one attached hydrogen (secondary N) is 1. The van der Waals surface area contributed by atoms with E-state index in [2.05, 4.69) is 32.4 Å². The SMILES string of the molecule is CN(Cc1nnc(C2CC2)o1)[C@@H]1CCN(CC(=O)NC2CC2)C1. The van der Waals surface area contributed by atoms with Crippen molar-refractivity contribution in [1.82, 2.24) is 25.3 Å². The van der Waals surface area contributed by atoms with Crippen LogP contribution in [0.1, 0.15) is 49.8 Å². The Morgan fingerprint density at radius 2 is 2.13 bits per heavy atom. The molecule has 2 aliphatic carbocycles. The van der Waals surface area contributed by atoms with Gasteiger partial charge in [0.25, 0.3) is 0 Å². The van der Waals surface area contributed by atoms with Crippen molar-refractivity contribution in [3.63, 3.8) is 0 Å². The summed E-state index contributed by atoms with van der Waals surface area (Å²) in [5.41, 5.74) is 0. The van der Waals surface area contributed by atoms with Crippen LogP contribution in [0.2, 0.25) is 0 Å². The predicted molar refractivity (Wildman–Crippen MR) is 83.7 cm³/mol. The Kier molecular flexibility index (Phi) is 4.07. The highest BCUT2D eigenvalue weighted by atomic mass is 16.4. The second-order valence-corrected chi connectivity index (χ2v) is 7.24. The molecule has 1 atom stereocenters. The fourth-order valence-electron chi connectivity index (χ4n) is 3.19. The molecule has 0 radical (unpaired) electrons. The number of amides is 1. The molecule has 23 heavy (non-hydrogen) atoms. The van der Waals surface area contributed by atoms with E-state index in [0.717, 1.165) is 38.2 Å². The number of likely N-dealkylation sites (N-methyl/N-ethyl adjacent to an activating group) is 1. The average molecular weight is 319 g/mol. The van der Waals surface area contributed by atoms with Gasteiger partial charge in [-0.15, -0.1) is 10.2 Å². The van der Waals surface area contributed by atoms with E-state index in [1.54, 1.807) is 0 Å². The van der Waals surface area contributed by atoms with Gasteiger partial charge < -0.3 is 9.73 Å². The van der Waals surface area contributed by atoms with Crippen molar-refractivity contribution >= 4 is 5.91 Å². The number of rotatable bonds is 7. The molecule has 1 N–H and O–H groups in total. The Morgan fingerprint density at radius 3 is 2.87 bits per heavy atom. The van der Waals surface area contributed by atoms with Crippen LogP contribution < -0.4 is 5.32 Å². The molecular formula is C16H25N5O2. The summed E-state index contributed by atoms with van der Waals surface area (Å²) in [6.45, 7) is 3.11. The first-order valence-electron chi connectivity index (χ1n) is 8.71. The lowest BCUT2D eigenvalue weighted by Crippen LogP contribution is -2.39. The molecule has 1 aliphatic heterocycles. The summed E-state index contributed by atoms with van der Waals surface area (Å²) < 4.78 is 5.74. The third-order valence-electron chi connectivity index (χ3n) is 4.97. The highest BCUT2D eigenvalue weighted by molar-refractivity contribution is 5.78. The molecule has 1 aromatic rings. The maximum atomic E-state index is 11.9. The summed E-state index contributed by atoms with van der Waals surface area (Å²) in [6, 6.07) is 0.891. The van der Waals surface area contributed by atoms with Gasteiger partial charge in [0.2, 0.25) is 17.7 Å². The molecule has 2 saturated carbocycles. The molecule has 2 heterocycles. The van der Waals surface area contributed by atoms with Gasteiger partial charge in [0.05, 0.1) is 13.1 Å². The fraction of sp³-hybridized carbons (Fsp3) is 0.812. The molecule has 1 amide bonds. The van der Waals surface area contributed by atoms with E-state index in [-0.39, 0.29) is 5.91 Å². The number of carbonyl (C=O) groups is 1. The Balaban J connectivity index is 1.23. The molecule has 3 aliphatic rings. The van der Waals surface area contributed by atoms with Gasteiger partial charge in [-0.3, -0.25) is 14.6 Å². The molecule has 7 nitrogen and oxygen atoms in total. The van der Waals surface area contributed by atoms with Crippen molar-refractivity contribution in [2.75, 3.05) is 26.7 Å². The Bertz CT molecular complexity index is 567. The zero-order chi connectivity index (χ0) is 15.8. The maximum Gasteiger partial charge on any atom is 0.234 e. The average Bonchev–Trinajstić information content (AvgIpc) is 3.43. The third kappa shape index (κ3) is 3.90. The van der Waals surface area contributed by atoms with E-state index in [1.165, 1.54) is 12.8 Å². The van der Waals surface area contributed by atoms with Gasteiger partial charge in [-0.25, -0.2) is 0 Å². The van der Waals surface area contributed by atoms with Gasteiger partial charge in [-0.1, -0.05) is 0 Å². The van der Waals surface area contributed by atoms with Gasteiger partial charge in [0.15, 0.2) is 0 Å². The standard InChI is InChI=1S/C16H25N5O2/c1-20(10-15-18-19-16(23-15)11-2-3-11)13-6-7-21(8-13)9-14(22)17-12-4-5-12/h11-13H,2-10H2,1H3,(H,17,22)/t13-/m1/s1. The number of hydrogen-bond acceptors (Lipinski definition) is 6. The van der Waals surface area contributed by atoms with E-state index in [0.29, 0.717) is 37.0 Å².